The van der Waals surface area contributed by atoms with Crippen LogP contribution in [0, 0.1) is 10.1 Å². The van der Waals surface area contributed by atoms with Crippen molar-refractivity contribution in [1.82, 2.24) is 0 Å². The van der Waals surface area contributed by atoms with Crippen molar-refractivity contribution in [3.8, 4) is 0 Å². The molecule has 1 aromatic rings. The zero-order valence-electron chi connectivity index (χ0n) is 19.1. The van der Waals surface area contributed by atoms with Gasteiger partial charge in [-0.1, -0.05) is 32.9 Å². The quantitative estimate of drug-likeness (QED) is 0.0847. The van der Waals surface area contributed by atoms with E-state index in [0.717, 1.165) is 4.90 Å². The first-order valence-electron chi connectivity index (χ1n) is 10.2. The second-order valence-corrected chi connectivity index (χ2v) is 14.8. The fourth-order valence-electron chi connectivity index (χ4n) is 2.55. The first-order chi connectivity index (χ1) is 14.2. The summed E-state index contributed by atoms with van der Waals surface area (Å²) in [6.07, 6.45) is 2.38. The number of carboxylic acids is 1. The third-order valence-electron chi connectivity index (χ3n) is 5.37. The van der Waals surface area contributed by atoms with Crippen LogP contribution in [0.4, 0.5) is 0 Å². The van der Waals surface area contributed by atoms with Gasteiger partial charge in [0.05, 0.1) is 6.10 Å². The van der Waals surface area contributed by atoms with Crippen LogP contribution in [-0.2, 0) is 14.0 Å². The Kier molecular flexibility index (Phi) is 10.1. The van der Waals surface area contributed by atoms with Crippen LogP contribution in [0.5, 0.6) is 0 Å². The highest BCUT2D eigenvalue weighted by atomic mass is 32.2. The number of hydrogen-bond acceptors (Lipinski definition) is 6. The van der Waals surface area contributed by atoms with Gasteiger partial charge in [-0.2, -0.15) is 0 Å². The SMILES string of the molecule is CC(=O)/C(=C\c1ccc(SCC(CCC[N+](=O)[O-])O[Si](C)(C)C(C)(C)C)cc1)C(=O)O. The summed E-state index contributed by atoms with van der Waals surface area (Å²) in [5.74, 6) is -1.06. The summed E-state index contributed by atoms with van der Waals surface area (Å²) in [5, 5.41) is 19.9. The average molecular weight is 468 g/mol. The molecule has 0 heterocycles. The molecule has 1 unspecified atom stereocenters. The van der Waals surface area contributed by atoms with E-state index in [0.29, 0.717) is 24.2 Å². The molecular formula is C22H33NO6SSi. The predicted molar refractivity (Wildman–Crippen MR) is 127 cm³/mol. The predicted octanol–water partition coefficient (Wildman–Crippen LogP) is 5.28. The van der Waals surface area contributed by atoms with Gasteiger partial charge in [0.1, 0.15) is 5.57 Å². The summed E-state index contributed by atoms with van der Waals surface area (Å²) in [7, 11) is -2.01. The van der Waals surface area contributed by atoms with Gasteiger partial charge in [-0.05, 0) is 55.2 Å². The van der Waals surface area contributed by atoms with E-state index in [4.69, 9.17) is 9.53 Å². The van der Waals surface area contributed by atoms with Crippen molar-refractivity contribution in [2.75, 3.05) is 12.3 Å². The molecule has 0 saturated heterocycles. The van der Waals surface area contributed by atoms with E-state index in [2.05, 4.69) is 33.9 Å². The van der Waals surface area contributed by atoms with Gasteiger partial charge in [-0.15, -0.1) is 11.8 Å². The van der Waals surface area contributed by atoms with Crippen LogP contribution >= 0.6 is 11.8 Å². The van der Waals surface area contributed by atoms with Crippen molar-refractivity contribution in [3.05, 3.63) is 45.5 Å². The van der Waals surface area contributed by atoms with Gasteiger partial charge >= 0.3 is 5.97 Å². The van der Waals surface area contributed by atoms with Gasteiger partial charge in [0, 0.05) is 22.0 Å². The number of hydrogen-bond donors (Lipinski definition) is 1. The number of benzene rings is 1. The highest BCUT2D eigenvalue weighted by molar-refractivity contribution is 7.99. The van der Waals surface area contributed by atoms with Crippen LogP contribution < -0.4 is 0 Å². The van der Waals surface area contributed by atoms with Gasteiger partial charge in [0.2, 0.25) is 6.54 Å². The molecule has 0 amide bonds. The molecule has 0 spiro atoms. The van der Waals surface area contributed by atoms with Gasteiger partial charge in [0.25, 0.3) is 0 Å². The van der Waals surface area contributed by atoms with E-state index in [1.807, 2.05) is 12.1 Å². The van der Waals surface area contributed by atoms with Gasteiger partial charge in [0.15, 0.2) is 14.1 Å². The molecule has 0 aliphatic heterocycles. The lowest BCUT2D eigenvalue weighted by Gasteiger charge is -2.39. The minimum Gasteiger partial charge on any atom is -0.478 e. The van der Waals surface area contributed by atoms with Crippen LogP contribution in [0.15, 0.2) is 34.7 Å². The molecule has 1 N–H and O–H groups in total. The molecular weight excluding hydrogens is 434 g/mol. The topological polar surface area (TPSA) is 107 Å². The fourth-order valence-corrected chi connectivity index (χ4v) is 5.00. The standard InChI is InChI=1S/C22H33NO6SSi/c1-16(24)20(21(25)26)14-17-9-11-19(12-10-17)30-15-18(8-7-13-23(27)28)29-31(5,6)22(2,3)4/h9-12,14,18H,7-8,13,15H2,1-6H3,(H,25,26)/b20-14+. The number of nitro groups is 1. The maximum atomic E-state index is 11.4. The van der Waals surface area contributed by atoms with Crippen LogP contribution in [0.25, 0.3) is 6.08 Å². The van der Waals surface area contributed by atoms with Gasteiger partial charge in [-0.25, -0.2) is 4.79 Å². The van der Waals surface area contributed by atoms with Crippen molar-refractivity contribution in [1.29, 1.82) is 0 Å². The second-order valence-electron chi connectivity index (χ2n) is 9.00. The molecule has 9 heteroatoms. The largest absolute Gasteiger partial charge is 0.478 e. The van der Waals surface area contributed by atoms with E-state index in [-0.39, 0.29) is 28.2 Å². The summed E-state index contributed by atoms with van der Waals surface area (Å²) in [6.45, 7) is 12.0. The summed E-state index contributed by atoms with van der Waals surface area (Å²) >= 11 is 1.60. The average Bonchev–Trinajstić information content (AvgIpc) is 2.63. The van der Waals surface area contributed by atoms with Crippen molar-refractivity contribution in [2.45, 2.75) is 69.7 Å². The Balaban J connectivity index is 2.86. The molecule has 7 nitrogen and oxygen atoms in total. The number of carbonyl (C=O) groups is 2. The smallest absolute Gasteiger partial charge is 0.339 e. The Morgan fingerprint density at radius 2 is 1.84 bits per heavy atom. The van der Waals surface area contributed by atoms with E-state index < -0.39 is 20.1 Å². The number of carboxylic acid groups (broad SMARTS) is 1. The molecule has 1 rings (SSSR count). The number of aliphatic carboxylic acids is 1. The molecule has 0 aliphatic rings. The van der Waals surface area contributed by atoms with Crippen LogP contribution in [0.1, 0.15) is 46.1 Å². The Morgan fingerprint density at radius 3 is 2.29 bits per heavy atom. The number of ketones is 1. The molecule has 0 radical (unpaired) electrons. The molecule has 0 bridgehead atoms. The van der Waals surface area contributed by atoms with Crippen molar-refractivity contribution in [2.24, 2.45) is 0 Å². The molecule has 0 aliphatic carbocycles. The molecule has 0 saturated carbocycles. The Labute approximate surface area is 189 Å². The number of carbonyl (C=O) groups excluding carboxylic acids is 1. The highest BCUT2D eigenvalue weighted by Crippen LogP contribution is 2.38. The zero-order valence-corrected chi connectivity index (χ0v) is 21.0. The minimum absolute atomic E-state index is 0.0472. The van der Waals surface area contributed by atoms with Crippen LogP contribution in [0.3, 0.4) is 0 Å². The van der Waals surface area contributed by atoms with E-state index >= 15 is 0 Å². The second kappa shape index (κ2) is 11.6. The third-order valence-corrected chi connectivity index (χ3v) is 11.0. The fraction of sp³-hybridized carbons (Fsp3) is 0.545. The van der Waals surface area contributed by atoms with Gasteiger partial charge < -0.3 is 9.53 Å². The van der Waals surface area contributed by atoms with Crippen molar-refractivity contribution >= 4 is 37.9 Å². The zero-order chi connectivity index (χ0) is 23.8. The molecule has 0 aromatic heterocycles. The lowest BCUT2D eigenvalue weighted by Crippen LogP contribution is -2.44. The van der Waals surface area contributed by atoms with Crippen molar-refractivity contribution in [3.63, 3.8) is 0 Å². The summed E-state index contributed by atoms with van der Waals surface area (Å²) in [4.78, 5) is 34.0. The summed E-state index contributed by atoms with van der Waals surface area (Å²) < 4.78 is 6.52. The first kappa shape index (κ1) is 27.1. The van der Waals surface area contributed by atoms with Crippen molar-refractivity contribution < 1.29 is 24.0 Å². The number of thioether (sulfide) groups is 1. The molecule has 1 aromatic carbocycles. The number of Topliss-reactive ketones (excluding diaryl/α,β-unsaturated/α-hetero) is 1. The number of nitrogens with zero attached hydrogens (tertiary/aromatic N) is 1. The molecule has 0 fully saturated rings. The lowest BCUT2D eigenvalue weighted by atomic mass is 10.1. The summed E-state index contributed by atoms with van der Waals surface area (Å²) in [5.41, 5.74) is 0.381. The maximum Gasteiger partial charge on any atom is 0.339 e. The monoisotopic (exact) mass is 467 g/mol. The Morgan fingerprint density at radius 1 is 1.26 bits per heavy atom. The molecule has 1 atom stereocenters. The normalized spacial score (nSPS) is 13.7. The van der Waals surface area contributed by atoms with Crippen LogP contribution in [-0.4, -0.2) is 48.5 Å². The molecule has 31 heavy (non-hydrogen) atoms. The lowest BCUT2D eigenvalue weighted by molar-refractivity contribution is -0.480. The summed E-state index contributed by atoms with van der Waals surface area (Å²) in [6, 6.07) is 7.28. The van der Waals surface area contributed by atoms with E-state index in [1.54, 1.807) is 23.9 Å². The molecule has 172 valence electrons. The highest BCUT2D eigenvalue weighted by Gasteiger charge is 2.39. The minimum atomic E-state index is -2.01. The first-order valence-corrected chi connectivity index (χ1v) is 14.1. The third kappa shape index (κ3) is 9.36. The van der Waals surface area contributed by atoms with Crippen LogP contribution in [0.2, 0.25) is 18.1 Å². The maximum absolute atomic E-state index is 11.4. The Hall–Kier alpha value is -1.97. The van der Waals surface area contributed by atoms with Gasteiger partial charge in [-0.3, -0.25) is 14.9 Å². The van der Waals surface area contributed by atoms with E-state index in [9.17, 15) is 19.7 Å². The van der Waals surface area contributed by atoms with E-state index in [1.165, 1.54) is 13.0 Å². The Bertz CT molecular complexity index is 798. The number of rotatable bonds is 12.